The Morgan fingerprint density at radius 1 is 1.16 bits per heavy atom. The highest BCUT2D eigenvalue weighted by Crippen LogP contribution is 2.18. The molecule has 0 spiro atoms. The zero-order valence-electron chi connectivity index (χ0n) is 17.1. The summed E-state index contributed by atoms with van der Waals surface area (Å²) in [7, 11) is 0. The van der Waals surface area contributed by atoms with Crippen LogP contribution in [0.25, 0.3) is 0 Å². The van der Waals surface area contributed by atoms with E-state index in [0.29, 0.717) is 18.1 Å². The number of nitrogens with one attached hydrogen (secondary N) is 1. The lowest BCUT2D eigenvalue weighted by Crippen LogP contribution is -2.35. The molecule has 9 heteroatoms. The van der Waals surface area contributed by atoms with Crippen molar-refractivity contribution < 1.29 is 19.1 Å². The first-order chi connectivity index (χ1) is 15.1. The van der Waals surface area contributed by atoms with Crippen LogP contribution < -0.4 is 16.4 Å². The molecule has 0 saturated carbocycles. The average Bonchev–Trinajstić information content (AvgIpc) is 3.32. The molecular formula is C22H25N5O4. The number of amidine groups is 1. The Bertz CT molecular complexity index is 975. The average molecular weight is 423 g/mol. The van der Waals surface area contributed by atoms with Gasteiger partial charge in [0.1, 0.15) is 30.1 Å². The summed E-state index contributed by atoms with van der Waals surface area (Å²) in [6.45, 7) is 2.03. The Hall–Kier alpha value is -3.69. The number of rotatable bonds is 10. The van der Waals surface area contributed by atoms with Gasteiger partial charge in [0, 0.05) is 18.0 Å². The van der Waals surface area contributed by atoms with Crippen molar-refractivity contribution in [2.45, 2.75) is 25.7 Å². The summed E-state index contributed by atoms with van der Waals surface area (Å²) < 4.78 is 11.0. The van der Waals surface area contributed by atoms with Crippen LogP contribution in [-0.2, 0) is 20.9 Å². The lowest BCUT2D eigenvalue weighted by molar-refractivity contribution is -0.164. The van der Waals surface area contributed by atoms with Crippen molar-refractivity contribution in [3.05, 3.63) is 83.9 Å². The molecule has 1 unspecified atom stereocenters. The van der Waals surface area contributed by atoms with Crippen LogP contribution in [-0.4, -0.2) is 34.5 Å². The number of carbonyl (C=O) groups excluding carboxylic acids is 1. The van der Waals surface area contributed by atoms with Gasteiger partial charge in [-0.15, -0.1) is 0 Å². The maximum atomic E-state index is 12.3. The lowest BCUT2D eigenvalue weighted by atomic mass is 10.1. The number of ether oxygens (including phenoxy) is 2. The zero-order chi connectivity index (χ0) is 22.1. The molecule has 0 radical (unpaired) electrons. The number of aliphatic imine (C=N–C) groups is 1. The monoisotopic (exact) mass is 423 g/mol. The maximum Gasteiger partial charge on any atom is 0.341 e. The van der Waals surface area contributed by atoms with Crippen molar-refractivity contribution in [3.8, 4) is 5.75 Å². The van der Waals surface area contributed by atoms with Crippen molar-refractivity contribution >= 4 is 11.8 Å². The highest BCUT2D eigenvalue weighted by atomic mass is 16.7. The summed E-state index contributed by atoms with van der Waals surface area (Å²) in [5.41, 5.74) is 7.62. The van der Waals surface area contributed by atoms with E-state index in [1.165, 1.54) is 0 Å². The van der Waals surface area contributed by atoms with Crippen LogP contribution in [0.2, 0.25) is 0 Å². The number of hydrogen-bond acceptors (Lipinski definition) is 7. The van der Waals surface area contributed by atoms with Crippen molar-refractivity contribution in [1.82, 2.24) is 9.97 Å². The van der Waals surface area contributed by atoms with E-state index in [-0.39, 0.29) is 6.61 Å². The molecule has 162 valence electrons. The molecule has 0 amide bonds. The summed E-state index contributed by atoms with van der Waals surface area (Å²) in [6.07, 6.45) is 1.88. The lowest BCUT2D eigenvalue weighted by Gasteiger charge is -2.18. The Morgan fingerprint density at radius 3 is 2.55 bits per heavy atom. The fourth-order valence-corrected chi connectivity index (χ4v) is 2.73. The van der Waals surface area contributed by atoms with Crippen LogP contribution in [0, 0.1) is 0 Å². The largest absolute Gasteiger partial charge is 0.490 e. The number of hydrogen-bond donors (Lipinski definition) is 3. The van der Waals surface area contributed by atoms with Gasteiger partial charge in [-0.05, 0) is 36.8 Å². The first-order valence-electron chi connectivity index (χ1n) is 9.69. The number of benzene rings is 2. The van der Waals surface area contributed by atoms with E-state index < -0.39 is 18.2 Å². The molecule has 3 rings (SSSR count). The molecule has 1 aromatic heterocycles. The van der Waals surface area contributed by atoms with Gasteiger partial charge in [0.15, 0.2) is 0 Å². The summed E-state index contributed by atoms with van der Waals surface area (Å²) in [4.78, 5) is 28.4. The van der Waals surface area contributed by atoms with E-state index in [1.54, 1.807) is 43.6 Å². The molecule has 0 aliphatic heterocycles. The molecule has 0 saturated heterocycles. The first kappa shape index (κ1) is 22.0. The normalized spacial score (nSPS) is 13.4. The third-order valence-electron chi connectivity index (χ3n) is 4.49. The fraction of sp³-hybridized carbons (Fsp3) is 0.227. The van der Waals surface area contributed by atoms with Gasteiger partial charge in [0.05, 0.1) is 6.54 Å². The van der Waals surface area contributed by atoms with E-state index >= 15 is 0 Å². The molecular weight excluding hydrogens is 398 g/mol. The molecule has 0 aliphatic carbocycles. The molecule has 0 fully saturated rings. The highest BCUT2D eigenvalue weighted by molar-refractivity contribution is 5.97. The highest BCUT2D eigenvalue weighted by Gasteiger charge is 2.24. The summed E-state index contributed by atoms with van der Waals surface area (Å²) in [6, 6.07) is 16.4. The predicted octanol–water partition coefficient (Wildman–Crippen LogP) is 2.26. The zero-order valence-corrected chi connectivity index (χ0v) is 17.1. The minimum Gasteiger partial charge on any atom is -0.490 e. The quantitative estimate of drug-likeness (QED) is 0.197. The Labute approximate surface area is 180 Å². The third-order valence-corrected chi connectivity index (χ3v) is 4.49. The number of H-pyrrole nitrogens is 1. The Morgan fingerprint density at radius 2 is 1.90 bits per heavy atom. The van der Waals surface area contributed by atoms with E-state index in [9.17, 15) is 4.79 Å². The summed E-state index contributed by atoms with van der Waals surface area (Å²) >= 11 is 0. The maximum absolute atomic E-state index is 12.3. The van der Waals surface area contributed by atoms with Crippen LogP contribution in [0.1, 0.15) is 30.0 Å². The molecule has 31 heavy (non-hydrogen) atoms. The Kier molecular flexibility index (Phi) is 7.74. The SMILES string of the molecule is CC(OC(=O)[C@@H](COc1ccc(C(N)=NCc2ncc[nH]2)cc1)ON)c1ccccc1. The second kappa shape index (κ2) is 10.9. The molecule has 3 aromatic rings. The van der Waals surface area contributed by atoms with Crippen molar-refractivity contribution in [3.63, 3.8) is 0 Å². The van der Waals surface area contributed by atoms with Crippen LogP contribution in [0.15, 0.2) is 72.0 Å². The minimum absolute atomic E-state index is 0.0990. The second-order valence-corrected chi connectivity index (χ2v) is 6.69. The van der Waals surface area contributed by atoms with Crippen molar-refractivity contribution in [1.29, 1.82) is 0 Å². The van der Waals surface area contributed by atoms with Gasteiger partial charge in [0.25, 0.3) is 0 Å². The van der Waals surface area contributed by atoms with Gasteiger partial charge in [-0.25, -0.2) is 15.7 Å². The number of aromatic nitrogens is 2. The topological polar surface area (TPSA) is 138 Å². The second-order valence-electron chi connectivity index (χ2n) is 6.69. The number of carbonyl (C=O) groups is 1. The molecule has 2 atom stereocenters. The number of nitrogens with zero attached hydrogens (tertiary/aromatic N) is 2. The van der Waals surface area contributed by atoms with Gasteiger partial charge in [-0.1, -0.05) is 30.3 Å². The van der Waals surface area contributed by atoms with Crippen molar-refractivity contribution in [2.75, 3.05) is 6.61 Å². The number of esters is 1. The van der Waals surface area contributed by atoms with E-state index in [0.717, 1.165) is 17.0 Å². The minimum atomic E-state index is -1.06. The first-order valence-corrected chi connectivity index (χ1v) is 9.69. The summed E-state index contributed by atoms with van der Waals surface area (Å²) in [5, 5.41) is 0. The van der Waals surface area contributed by atoms with Gasteiger partial charge < -0.3 is 20.2 Å². The van der Waals surface area contributed by atoms with Gasteiger partial charge in [-0.2, -0.15) is 0 Å². The summed E-state index contributed by atoms with van der Waals surface area (Å²) in [5.74, 6) is 6.29. The number of aromatic amines is 1. The van der Waals surface area contributed by atoms with Crippen LogP contribution in [0.5, 0.6) is 5.75 Å². The molecule has 1 heterocycles. The smallest absolute Gasteiger partial charge is 0.341 e. The van der Waals surface area contributed by atoms with Gasteiger partial charge in [0.2, 0.25) is 6.10 Å². The molecule has 5 N–H and O–H groups in total. The number of imidazole rings is 1. The fourth-order valence-electron chi connectivity index (χ4n) is 2.73. The Balaban J connectivity index is 1.51. The molecule has 2 aromatic carbocycles. The predicted molar refractivity (Wildman–Crippen MR) is 115 cm³/mol. The van der Waals surface area contributed by atoms with E-state index in [4.69, 9.17) is 25.9 Å². The third kappa shape index (κ3) is 6.39. The van der Waals surface area contributed by atoms with Crippen LogP contribution in [0.3, 0.4) is 0 Å². The molecule has 9 nitrogen and oxygen atoms in total. The van der Waals surface area contributed by atoms with Crippen molar-refractivity contribution in [2.24, 2.45) is 16.6 Å². The molecule has 0 aliphatic rings. The van der Waals surface area contributed by atoms with Gasteiger partial charge >= 0.3 is 5.97 Å². The van der Waals surface area contributed by atoms with Crippen LogP contribution in [0.4, 0.5) is 0 Å². The van der Waals surface area contributed by atoms with E-state index in [2.05, 4.69) is 15.0 Å². The van der Waals surface area contributed by atoms with Gasteiger partial charge in [-0.3, -0.25) is 9.83 Å². The van der Waals surface area contributed by atoms with E-state index in [1.807, 2.05) is 30.3 Å². The van der Waals surface area contributed by atoms with Crippen LogP contribution >= 0.6 is 0 Å². The standard InChI is InChI=1S/C22H25N5O4/c1-15(16-5-3-2-4-6-16)30-22(28)19(31-24)14-29-18-9-7-17(8-10-18)21(23)27-13-20-25-11-12-26-20/h2-12,15,19H,13-14,24H2,1H3,(H2,23,27)(H,25,26)/t15?,19-/m1/s1. The number of nitrogens with two attached hydrogens (primary N) is 2. The molecule has 0 bridgehead atoms.